The van der Waals surface area contributed by atoms with Crippen molar-refractivity contribution in [1.82, 2.24) is 24.8 Å². The molecular formula is C79H118N14O21. The van der Waals surface area contributed by atoms with Gasteiger partial charge in [0, 0.05) is 89.7 Å². The number of carbonyl (C=O) groups is 5. The number of ether oxygens (including phenoxy) is 9. The van der Waals surface area contributed by atoms with Crippen LogP contribution in [0.3, 0.4) is 0 Å². The molecule has 6 fully saturated rings. The number of hydrogen-bond acceptors (Lipinski definition) is 27. The van der Waals surface area contributed by atoms with Crippen LogP contribution in [0.5, 0.6) is 0 Å². The van der Waals surface area contributed by atoms with Gasteiger partial charge in [0.15, 0.2) is 18.4 Å². The Labute approximate surface area is 665 Å². The van der Waals surface area contributed by atoms with Gasteiger partial charge in [0.05, 0.1) is 97.7 Å². The maximum absolute atomic E-state index is 14.5. The van der Waals surface area contributed by atoms with Crippen molar-refractivity contribution in [2.24, 2.45) is 28.0 Å². The number of azide groups is 2. The van der Waals surface area contributed by atoms with Gasteiger partial charge >= 0.3 is 24.2 Å². The highest BCUT2D eigenvalue weighted by Gasteiger charge is 2.53. The molecule has 35 heteroatoms. The summed E-state index contributed by atoms with van der Waals surface area (Å²) in [6, 6.07) is 19.8. The standard InChI is InChI=1S/C54H90N6O15.C13H16N4O3.C12H12N4O3/c1-16-41-54(12,68)45(62)34(6)58(14)26-30(2)24-52(10,67)47(32(4)44(33(5)48(64)73-41)74-42-25-53(11,69-15)46(63)35(7)71-42)75-49-43(61)40(23-31(3)70-49)57(13)22-21-37-27-59(56-55-37)28-39-29-60(50(65)72-39)38-19-17-36(18-20-38)51(8,9)66;1-13(2,19)9-3-5-10(6-4-9)17-8-11(7-15-16-14)20-12(17)18;1-8(17)9-2-4-10(5-3-9)16-7-11(6-14-15-13)19-12(16)18/h17-20,27,30-35,39-47,49,61-63,66-68H,16,21-26,28-29H2,1-15H3;3-6,11,19H,7-8H2,1-2H3;2-5,11H,6-7H2,1H3/t30-,31-,32+,33-,34-,35+,39+,40+,41-,42-,43-,44+,45-,46+,47-,49+,52-,53-,54-;2*11-/m100/s1. The molecule has 0 saturated carbocycles. The lowest BCUT2D eigenvalue weighted by molar-refractivity contribution is -0.318. The average Bonchev–Trinajstić information content (AvgIpc) is 1.27. The molecule has 6 aliphatic heterocycles. The third-order valence-electron chi connectivity index (χ3n) is 22.5. The second-order valence-electron chi connectivity index (χ2n) is 32.9. The van der Waals surface area contributed by atoms with Gasteiger partial charge < -0.3 is 88.2 Å². The summed E-state index contributed by atoms with van der Waals surface area (Å²) in [6.45, 7) is 28.1. The largest absolute Gasteiger partial charge is 0.459 e. The van der Waals surface area contributed by atoms with Crippen molar-refractivity contribution in [3.8, 4) is 0 Å². The van der Waals surface area contributed by atoms with Crippen LogP contribution < -0.4 is 14.7 Å². The number of rotatable bonds is 22. The van der Waals surface area contributed by atoms with Crippen LogP contribution in [0.2, 0.25) is 0 Å². The van der Waals surface area contributed by atoms with Crippen molar-refractivity contribution in [3.05, 3.63) is 122 Å². The Balaban J connectivity index is 0.000000334. The zero-order valence-corrected chi connectivity index (χ0v) is 68.7. The highest BCUT2D eigenvalue weighted by atomic mass is 16.7. The van der Waals surface area contributed by atoms with Gasteiger partial charge in [-0.15, -0.1) is 5.10 Å². The Hall–Kier alpha value is -8.19. The number of carbonyl (C=O) groups excluding carboxylic acids is 5. The molecule has 0 radical (unpaired) electrons. The molecule has 7 N–H and O–H groups in total. The number of anilines is 3. The number of ketones is 1. The van der Waals surface area contributed by atoms with Crippen molar-refractivity contribution < 1.29 is 102 Å². The van der Waals surface area contributed by atoms with Gasteiger partial charge in [-0.05, 0) is 193 Å². The highest BCUT2D eigenvalue weighted by molar-refractivity contribution is 5.96. The molecular weight excluding hydrogens is 1480 g/mol. The lowest BCUT2D eigenvalue weighted by Crippen LogP contribution is -2.61. The van der Waals surface area contributed by atoms with E-state index in [9.17, 15) is 59.7 Å². The molecule has 7 heterocycles. The smallest absolute Gasteiger partial charge is 0.414 e. The maximum atomic E-state index is 14.5. The molecule has 114 heavy (non-hydrogen) atoms. The number of benzene rings is 3. The van der Waals surface area contributed by atoms with Crippen LogP contribution in [-0.4, -0.2) is 266 Å². The molecule has 630 valence electrons. The highest BCUT2D eigenvalue weighted by Crippen LogP contribution is 2.41. The summed E-state index contributed by atoms with van der Waals surface area (Å²) in [5, 5.41) is 95.5. The van der Waals surface area contributed by atoms with Crippen molar-refractivity contribution in [2.75, 3.05) is 81.7 Å². The summed E-state index contributed by atoms with van der Waals surface area (Å²) in [5.41, 5.74) is 14.8. The van der Waals surface area contributed by atoms with E-state index in [1.54, 1.807) is 159 Å². The lowest BCUT2D eigenvalue weighted by atomic mass is 9.77. The second kappa shape index (κ2) is 38.7. The molecule has 0 aliphatic carbocycles. The van der Waals surface area contributed by atoms with Crippen LogP contribution in [0, 0.1) is 17.8 Å². The Bertz CT molecular complexity index is 3960. The summed E-state index contributed by atoms with van der Waals surface area (Å²) < 4.78 is 55.8. The molecule has 0 spiro atoms. The predicted molar refractivity (Wildman–Crippen MR) is 418 cm³/mol. The molecule has 1 aromatic heterocycles. The normalized spacial score (nSPS) is 32.7. The van der Waals surface area contributed by atoms with Gasteiger partial charge in [-0.3, -0.25) is 24.3 Å². The van der Waals surface area contributed by atoms with Crippen molar-refractivity contribution in [3.63, 3.8) is 0 Å². The van der Waals surface area contributed by atoms with Gasteiger partial charge in [0.2, 0.25) is 0 Å². The monoisotopic (exact) mass is 1600 g/mol. The average molecular weight is 1600 g/mol. The molecule has 0 unspecified atom stereocenters. The molecule has 6 aliphatic rings. The second-order valence-corrected chi connectivity index (χ2v) is 32.9. The number of aliphatic hydroxyl groups is 7. The first-order valence-corrected chi connectivity index (χ1v) is 38.8. The van der Waals surface area contributed by atoms with Crippen molar-refractivity contribution >= 4 is 47.1 Å². The number of aliphatic hydroxyl groups excluding tert-OH is 3. The minimum absolute atomic E-state index is 0.0308. The lowest BCUT2D eigenvalue weighted by Gasteiger charge is -2.49. The quantitative estimate of drug-likeness (QED) is 0.00968. The molecule has 35 nitrogen and oxygen atoms in total. The first kappa shape index (κ1) is 91.3. The zero-order chi connectivity index (χ0) is 84.3. The molecule has 10 rings (SSSR count). The number of hydrogen-bond donors (Lipinski definition) is 7. The number of likely N-dealkylation sites (N-methyl/N-ethyl adjacent to an activating group) is 2. The molecule has 4 aromatic rings. The third kappa shape index (κ3) is 22.9. The fourth-order valence-corrected chi connectivity index (χ4v) is 15.6. The number of nitrogens with zero attached hydrogens (tertiary/aromatic N) is 14. The summed E-state index contributed by atoms with van der Waals surface area (Å²) >= 11 is 0. The van der Waals surface area contributed by atoms with Crippen LogP contribution in [0.1, 0.15) is 157 Å². The van der Waals surface area contributed by atoms with Crippen LogP contribution in [-0.2, 0) is 71.6 Å². The fourth-order valence-electron chi connectivity index (χ4n) is 15.6. The predicted octanol–water partition coefficient (Wildman–Crippen LogP) is 8.43. The van der Waals surface area contributed by atoms with Gasteiger partial charge in [-0.1, -0.05) is 60.5 Å². The number of methoxy groups -OCH3 is 1. The number of Topliss-reactive ketones (excluding diaryl/α,β-unsaturated/α-hetero) is 1. The summed E-state index contributed by atoms with van der Waals surface area (Å²) in [5.74, 6) is -2.88. The summed E-state index contributed by atoms with van der Waals surface area (Å²) in [7, 11) is 5.23. The Morgan fingerprint density at radius 3 is 1.69 bits per heavy atom. The molecule has 0 bridgehead atoms. The van der Waals surface area contributed by atoms with Gasteiger partial charge in [-0.2, -0.15) is 0 Å². The van der Waals surface area contributed by atoms with Crippen LogP contribution in [0.15, 0.2) is 89.2 Å². The summed E-state index contributed by atoms with van der Waals surface area (Å²) in [6.07, 6.45) is -9.79. The minimum atomic E-state index is -1.85. The minimum Gasteiger partial charge on any atom is -0.459 e. The van der Waals surface area contributed by atoms with E-state index >= 15 is 0 Å². The van der Waals surface area contributed by atoms with E-state index in [0.717, 1.165) is 11.1 Å². The van der Waals surface area contributed by atoms with Crippen LogP contribution in [0.4, 0.5) is 31.4 Å². The van der Waals surface area contributed by atoms with Crippen LogP contribution >= 0.6 is 0 Å². The van der Waals surface area contributed by atoms with Crippen molar-refractivity contribution in [1.29, 1.82) is 0 Å². The van der Waals surface area contributed by atoms with Gasteiger partial charge in [-0.25, -0.2) is 19.1 Å². The number of esters is 1. The Kier molecular flexibility index (Phi) is 31.0. The Morgan fingerprint density at radius 1 is 0.711 bits per heavy atom. The molecule has 3 amide bonds. The van der Waals surface area contributed by atoms with Crippen LogP contribution in [0.25, 0.3) is 20.9 Å². The zero-order valence-electron chi connectivity index (χ0n) is 68.7. The number of amides is 3. The first-order valence-electron chi connectivity index (χ1n) is 38.8. The molecule has 6 saturated heterocycles. The molecule has 3 aromatic carbocycles. The van der Waals surface area contributed by atoms with E-state index in [1.165, 1.54) is 30.8 Å². The summed E-state index contributed by atoms with van der Waals surface area (Å²) in [4.78, 5) is 75.6. The van der Waals surface area contributed by atoms with E-state index < -0.39 is 156 Å². The van der Waals surface area contributed by atoms with E-state index in [2.05, 4.69) is 30.4 Å². The number of cyclic esters (lactones) is 4. The number of aromatic nitrogens is 3. The fraction of sp³-hybridized carbons (Fsp3) is 0.684. The molecule has 21 atom stereocenters. The third-order valence-corrected chi connectivity index (χ3v) is 22.5. The maximum Gasteiger partial charge on any atom is 0.414 e. The van der Waals surface area contributed by atoms with E-state index in [1.807, 2.05) is 43.9 Å². The van der Waals surface area contributed by atoms with E-state index in [0.29, 0.717) is 80.4 Å². The topological polar surface area (TPSA) is 454 Å². The van der Waals surface area contributed by atoms with Gasteiger partial charge in [0.25, 0.3) is 0 Å². The first-order chi connectivity index (χ1) is 53.4. The Morgan fingerprint density at radius 2 is 1.21 bits per heavy atom. The SMILES string of the molecule is CC(=O)c1ccc(N2C[C@H](CN=[N+]=[N-])OC2=O)cc1.CC(C)(O)c1ccc(N2C[C@H](CN=[N+]=[N-])OC2=O)cc1.CC[C@H]1OC(=O)[C@H](C)[C@@H](O[C@@H]2C[C@@](C)(OC)[C@@H](O)[C@H](C)O2)[C@H](C)[C@@H](O[C@@H]2O[C@H](C)C[C@H](N(C)CCc3cn(C[C@H]4CN(c5ccc(C(C)(C)O)cc5)C(=O)O4)nn3)[C@H]2O)[C@](C)(O)C[C@@H](C)CN(C)[C@H](C)[C@@H](O)[C@]1(C)O. The van der Waals surface area contributed by atoms with Crippen molar-refractivity contribution in [2.45, 2.75) is 262 Å². The van der Waals surface area contributed by atoms with E-state index in [4.69, 9.17) is 53.7 Å². The van der Waals surface area contributed by atoms with E-state index in [-0.39, 0.29) is 44.1 Å². The van der Waals surface area contributed by atoms with Gasteiger partial charge in [0.1, 0.15) is 48.3 Å².